The van der Waals surface area contributed by atoms with E-state index in [0.717, 1.165) is 5.56 Å². The summed E-state index contributed by atoms with van der Waals surface area (Å²) in [5.74, 6) is 1.25. The van der Waals surface area contributed by atoms with Crippen molar-refractivity contribution in [2.75, 3.05) is 27.1 Å². The molecular weight excluding hydrogens is 365 g/mol. The Morgan fingerprint density at radius 3 is 2.68 bits per heavy atom. The van der Waals surface area contributed by atoms with Crippen molar-refractivity contribution in [1.29, 1.82) is 0 Å². The van der Waals surface area contributed by atoms with Crippen molar-refractivity contribution >= 4 is 29.1 Å². The fourth-order valence-electron chi connectivity index (χ4n) is 2.53. The number of nitrogens with zero attached hydrogens (tertiary/aromatic N) is 1. The maximum atomic E-state index is 12.9. The van der Waals surface area contributed by atoms with Crippen LogP contribution in [0.4, 0.5) is 0 Å². The van der Waals surface area contributed by atoms with Gasteiger partial charge in [0.05, 0.1) is 16.7 Å². The first-order valence-electron chi connectivity index (χ1n) is 7.70. The van der Waals surface area contributed by atoms with Crippen LogP contribution in [0.3, 0.4) is 0 Å². The molecule has 1 aliphatic rings. The van der Waals surface area contributed by atoms with Crippen molar-refractivity contribution < 1.29 is 19.0 Å². The van der Waals surface area contributed by atoms with Crippen molar-refractivity contribution in [2.45, 2.75) is 6.54 Å². The number of carbonyl (C=O) groups is 1. The van der Waals surface area contributed by atoms with Crippen LogP contribution in [0.2, 0.25) is 10.0 Å². The molecule has 0 radical (unpaired) electrons. The molecule has 132 valence electrons. The van der Waals surface area contributed by atoms with Crippen LogP contribution in [0.1, 0.15) is 15.9 Å². The number of rotatable bonds is 6. The molecular formula is C18H17Cl2NO4. The minimum absolute atomic E-state index is 0.145. The van der Waals surface area contributed by atoms with Gasteiger partial charge < -0.3 is 19.1 Å². The van der Waals surface area contributed by atoms with E-state index in [9.17, 15) is 4.79 Å². The third-order valence-corrected chi connectivity index (χ3v) is 4.57. The lowest BCUT2D eigenvalue weighted by atomic mass is 10.1. The Kier molecular flexibility index (Phi) is 5.68. The normalized spacial score (nSPS) is 12.3. The molecule has 5 nitrogen and oxygen atoms in total. The smallest absolute Gasteiger partial charge is 0.254 e. The van der Waals surface area contributed by atoms with Gasteiger partial charge in [-0.15, -0.1) is 0 Å². The molecule has 0 spiro atoms. The summed E-state index contributed by atoms with van der Waals surface area (Å²) >= 11 is 12.0. The number of methoxy groups -OCH3 is 1. The number of hydrogen-bond donors (Lipinski definition) is 0. The molecule has 1 aliphatic heterocycles. The molecule has 0 saturated carbocycles. The first-order valence-corrected chi connectivity index (χ1v) is 8.46. The zero-order valence-corrected chi connectivity index (χ0v) is 15.1. The topological polar surface area (TPSA) is 48.0 Å². The largest absolute Gasteiger partial charge is 0.454 e. The fourth-order valence-corrected chi connectivity index (χ4v) is 2.82. The van der Waals surface area contributed by atoms with Gasteiger partial charge in [-0.25, -0.2) is 0 Å². The molecule has 1 amide bonds. The van der Waals surface area contributed by atoms with Crippen LogP contribution >= 0.6 is 23.2 Å². The molecule has 0 unspecified atom stereocenters. The van der Waals surface area contributed by atoms with E-state index in [4.69, 9.17) is 37.4 Å². The Balaban J connectivity index is 1.81. The zero-order valence-electron chi connectivity index (χ0n) is 13.6. The Hall–Kier alpha value is -1.95. The second-order valence-electron chi connectivity index (χ2n) is 5.54. The molecule has 0 bridgehead atoms. The molecule has 2 aromatic carbocycles. The highest BCUT2D eigenvalue weighted by Gasteiger charge is 2.19. The third kappa shape index (κ3) is 4.18. The van der Waals surface area contributed by atoms with Crippen molar-refractivity contribution in [3.8, 4) is 11.5 Å². The molecule has 0 aliphatic carbocycles. The predicted octanol–water partition coefficient (Wildman–Crippen LogP) is 4.01. The summed E-state index contributed by atoms with van der Waals surface area (Å²) in [4.78, 5) is 14.6. The van der Waals surface area contributed by atoms with Gasteiger partial charge in [0.1, 0.15) is 0 Å². The molecule has 0 fully saturated rings. The lowest BCUT2D eigenvalue weighted by molar-refractivity contribution is 0.0680. The number of ether oxygens (including phenoxy) is 3. The summed E-state index contributed by atoms with van der Waals surface area (Å²) in [5.41, 5.74) is 1.42. The number of carbonyl (C=O) groups excluding carboxylic acids is 1. The van der Waals surface area contributed by atoms with E-state index in [2.05, 4.69) is 0 Å². The van der Waals surface area contributed by atoms with Crippen LogP contribution in [0.15, 0.2) is 36.4 Å². The molecule has 1 heterocycles. The minimum atomic E-state index is -0.145. The molecule has 0 saturated heterocycles. The minimum Gasteiger partial charge on any atom is -0.454 e. The van der Waals surface area contributed by atoms with E-state index in [1.807, 2.05) is 18.2 Å². The first kappa shape index (κ1) is 17.9. The number of hydrogen-bond acceptors (Lipinski definition) is 4. The highest BCUT2D eigenvalue weighted by Crippen LogP contribution is 2.33. The van der Waals surface area contributed by atoms with Gasteiger partial charge in [0.25, 0.3) is 5.91 Å². The number of amides is 1. The summed E-state index contributed by atoms with van der Waals surface area (Å²) in [6, 6.07) is 10.5. The van der Waals surface area contributed by atoms with Crippen LogP contribution in [-0.4, -0.2) is 37.9 Å². The summed E-state index contributed by atoms with van der Waals surface area (Å²) in [6.07, 6.45) is 0. The van der Waals surface area contributed by atoms with Gasteiger partial charge in [0.2, 0.25) is 6.79 Å². The van der Waals surface area contributed by atoms with Crippen LogP contribution in [0.5, 0.6) is 11.5 Å². The predicted molar refractivity (Wildman–Crippen MR) is 95.6 cm³/mol. The Bertz CT molecular complexity index is 782. The highest BCUT2D eigenvalue weighted by atomic mass is 35.5. The standard InChI is InChI=1S/C18H17Cl2NO4/c1-23-7-6-21(18(22)13-3-4-14(19)15(20)9-13)10-12-2-5-16-17(8-12)25-11-24-16/h2-5,8-9H,6-7,10-11H2,1H3. The summed E-state index contributed by atoms with van der Waals surface area (Å²) < 4.78 is 15.8. The number of halogens is 2. The van der Waals surface area contributed by atoms with E-state index in [1.165, 1.54) is 0 Å². The maximum absolute atomic E-state index is 12.9. The first-order chi connectivity index (χ1) is 12.1. The van der Waals surface area contributed by atoms with Crippen molar-refractivity contribution in [2.24, 2.45) is 0 Å². The monoisotopic (exact) mass is 381 g/mol. The van der Waals surface area contributed by atoms with Crippen molar-refractivity contribution in [1.82, 2.24) is 4.90 Å². The van der Waals surface area contributed by atoms with Gasteiger partial charge in [0, 0.05) is 25.8 Å². The summed E-state index contributed by atoms with van der Waals surface area (Å²) in [6.45, 7) is 1.51. The molecule has 7 heteroatoms. The maximum Gasteiger partial charge on any atom is 0.254 e. The van der Waals surface area contributed by atoms with Gasteiger partial charge >= 0.3 is 0 Å². The lowest BCUT2D eigenvalue weighted by Gasteiger charge is -2.23. The quantitative estimate of drug-likeness (QED) is 0.758. The molecule has 0 aromatic heterocycles. The van der Waals surface area contributed by atoms with Crippen LogP contribution in [0.25, 0.3) is 0 Å². The Labute approximate surface area is 156 Å². The molecule has 0 atom stereocenters. The third-order valence-electron chi connectivity index (χ3n) is 3.83. The van der Waals surface area contributed by atoms with Gasteiger partial charge in [0.15, 0.2) is 11.5 Å². The van der Waals surface area contributed by atoms with Gasteiger partial charge in [-0.2, -0.15) is 0 Å². The Morgan fingerprint density at radius 1 is 1.12 bits per heavy atom. The van der Waals surface area contributed by atoms with Crippen LogP contribution in [0, 0.1) is 0 Å². The van der Waals surface area contributed by atoms with E-state index in [0.29, 0.717) is 46.8 Å². The van der Waals surface area contributed by atoms with E-state index >= 15 is 0 Å². The second kappa shape index (κ2) is 7.95. The van der Waals surface area contributed by atoms with Crippen molar-refractivity contribution in [3.05, 3.63) is 57.6 Å². The van der Waals surface area contributed by atoms with Crippen molar-refractivity contribution in [3.63, 3.8) is 0 Å². The molecule has 25 heavy (non-hydrogen) atoms. The van der Waals surface area contributed by atoms with Gasteiger partial charge in [-0.3, -0.25) is 4.79 Å². The lowest BCUT2D eigenvalue weighted by Crippen LogP contribution is -2.33. The van der Waals surface area contributed by atoms with E-state index in [1.54, 1.807) is 30.2 Å². The highest BCUT2D eigenvalue weighted by molar-refractivity contribution is 6.42. The molecule has 3 rings (SSSR count). The van der Waals surface area contributed by atoms with E-state index < -0.39 is 0 Å². The average Bonchev–Trinajstić information content (AvgIpc) is 3.08. The second-order valence-corrected chi connectivity index (χ2v) is 6.35. The van der Waals surface area contributed by atoms with Gasteiger partial charge in [-0.05, 0) is 35.9 Å². The molecule has 2 aromatic rings. The fraction of sp³-hybridized carbons (Fsp3) is 0.278. The van der Waals surface area contributed by atoms with Crippen LogP contribution < -0.4 is 9.47 Å². The van der Waals surface area contributed by atoms with Crippen LogP contribution in [-0.2, 0) is 11.3 Å². The number of fused-ring (bicyclic) bond motifs is 1. The average molecular weight is 382 g/mol. The summed E-state index contributed by atoms with van der Waals surface area (Å²) in [5, 5.41) is 0.764. The van der Waals surface area contributed by atoms with Gasteiger partial charge in [-0.1, -0.05) is 29.3 Å². The summed E-state index contributed by atoms with van der Waals surface area (Å²) in [7, 11) is 1.60. The Morgan fingerprint density at radius 2 is 1.92 bits per heavy atom. The number of benzene rings is 2. The van der Waals surface area contributed by atoms with E-state index in [-0.39, 0.29) is 12.7 Å². The SMILES string of the molecule is COCCN(Cc1ccc2c(c1)OCO2)C(=O)c1ccc(Cl)c(Cl)c1. The molecule has 0 N–H and O–H groups in total. The zero-order chi connectivity index (χ0) is 17.8.